The molecule has 0 saturated carbocycles. The number of para-hydroxylation sites is 1. The van der Waals surface area contributed by atoms with Gasteiger partial charge in [0.05, 0.1) is 22.8 Å². The molecule has 0 saturated heterocycles. The number of benzene rings is 2. The molecule has 0 fully saturated rings. The Morgan fingerprint density at radius 1 is 1.09 bits per heavy atom. The van der Waals surface area contributed by atoms with Crippen LogP contribution < -0.4 is 11.1 Å². The number of aromatic nitrogens is 1. The molecule has 1 heterocycles. The van der Waals surface area contributed by atoms with Gasteiger partial charge in [0, 0.05) is 17.3 Å². The van der Waals surface area contributed by atoms with E-state index in [1.54, 1.807) is 7.05 Å². The molecule has 3 rings (SSSR count). The molecule has 116 valence electrons. The Labute approximate surface area is 125 Å². The number of nitrogens with one attached hydrogen (secondary N) is 1. The zero-order valence-electron chi connectivity index (χ0n) is 12.0. The normalized spacial score (nSPS) is 13.9. The van der Waals surface area contributed by atoms with E-state index in [0.717, 1.165) is 17.0 Å². The van der Waals surface area contributed by atoms with Crippen LogP contribution >= 0.6 is 0 Å². The number of fused-ring (bicyclic) bond motifs is 3. The minimum atomic E-state index is -4.36. The van der Waals surface area contributed by atoms with E-state index in [0.29, 0.717) is 17.4 Å². The molecule has 0 spiro atoms. The van der Waals surface area contributed by atoms with Crippen molar-refractivity contribution in [3.63, 3.8) is 0 Å². The van der Waals surface area contributed by atoms with Gasteiger partial charge in [-0.05, 0) is 31.3 Å². The highest BCUT2D eigenvalue weighted by Crippen LogP contribution is 2.36. The average molecular weight is 307 g/mol. The number of rotatable bonds is 3. The molecule has 22 heavy (non-hydrogen) atoms. The Morgan fingerprint density at radius 2 is 1.77 bits per heavy atom. The molecule has 3 N–H and O–H groups in total. The minimum absolute atomic E-state index is 0.357. The third-order valence-electron chi connectivity index (χ3n) is 3.78. The number of hydrogen-bond acceptors (Lipinski definition) is 2. The summed E-state index contributed by atoms with van der Waals surface area (Å²) in [5.74, 6) is 0. The predicted molar refractivity (Wildman–Crippen MR) is 81.6 cm³/mol. The number of likely N-dealkylation sites (N-methyl/N-ethyl adjacent to an activating group) is 1. The Morgan fingerprint density at radius 3 is 2.45 bits per heavy atom. The van der Waals surface area contributed by atoms with Crippen LogP contribution in [0, 0.1) is 0 Å². The van der Waals surface area contributed by atoms with E-state index in [4.69, 9.17) is 5.73 Å². The van der Waals surface area contributed by atoms with Crippen molar-refractivity contribution in [2.24, 2.45) is 5.73 Å². The molecule has 0 aliphatic rings. The topological polar surface area (TPSA) is 43.0 Å². The van der Waals surface area contributed by atoms with E-state index in [1.807, 2.05) is 28.8 Å². The van der Waals surface area contributed by atoms with Gasteiger partial charge in [-0.1, -0.05) is 18.2 Å². The summed E-state index contributed by atoms with van der Waals surface area (Å²) in [6.07, 6.45) is -4.71. The first-order valence-corrected chi connectivity index (χ1v) is 6.93. The van der Waals surface area contributed by atoms with E-state index >= 15 is 0 Å². The van der Waals surface area contributed by atoms with Crippen molar-refractivity contribution in [1.29, 1.82) is 0 Å². The second-order valence-electron chi connectivity index (χ2n) is 5.24. The fraction of sp³-hybridized carbons (Fsp3) is 0.250. The van der Waals surface area contributed by atoms with E-state index in [9.17, 15) is 13.2 Å². The quantitative estimate of drug-likeness (QED) is 0.778. The molecular formula is C16H16F3N3. The first kappa shape index (κ1) is 14.9. The van der Waals surface area contributed by atoms with Crippen LogP contribution in [0.1, 0.15) is 11.7 Å². The first-order chi connectivity index (χ1) is 10.4. The summed E-state index contributed by atoms with van der Waals surface area (Å²) in [6.45, 7) is 0.523. The highest BCUT2D eigenvalue weighted by molar-refractivity contribution is 6.08. The van der Waals surface area contributed by atoms with Crippen molar-refractivity contribution in [2.45, 2.75) is 12.3 Å². The van der Waals surface area contributed by atoms with Gasteiger partial charge in [0.15, 0.2) is 0 Å². The number of nitrogens with zero attached hydrogens (tertiary/aromatic N) is 1. The second-order valence-corrected chi connectivity index (χ2v) is 5.24. The zero-order valence-corrected chi connectivity index (χ0v) is 12.0. The molecule has 2 aromatic carbocycles. The van der Waals surface area contributed by atoms with Gasteiger partial charge in [0.1, 0.15) is 0 Å². The number of hydrogen-bond donors (Lipinski definition) is 2. The monoisotopic (exact) mass is 307 g/mol. The van der Waals surface area contributed by atoms with Crippen LogP contribution in [0.2, 0.25) is 0 Å². The van der Waals surface area contributed by atoms with Crippen molar-refractivity contribution in [1.82, 2.24) is 9.88 Å². The minimum Gasteiger partial charge on any atom is -0.323 e. The van der Waals surface area contributed by atoms with E-state index in [1.165, 1.54) is 12.1 Å². The largest absolute Gasteiger partial charge is 0.416 e. The van der Waals surface area contributed by atoms with Crippen molar-refractivity contribution in [2.75, 3.05) is 13.6 Å². The van der Waals surface area contributed by atoms with E-state index in [2.05, 4.69) is 5.32 Å². The Kier molecular flexibility index (Phi) is 3.58. The second kappa shape index (κ2) is 5.30. The summed E-state index contributed by atoms with van der Waals surface area (Å²) < 4.78 is 40.8. The van der Waals surface area contributed by atoms with E-state index < -0.39 is 11.7 Å². The van der Waals surface area contributed by atoms with Crippen LogP contribution in [0.25, 0.3) is 21.8 Å². The van der Waals surface area contributed by atoms with Crippen molar-refractivity contribution in [3.05, 3.63) is 48.0 Å². The number of halogens is 3. The Hall–Kier alpha value is -2.05. The molecular weight excluding hydrogens is 291 g/mol. The van der Waals surface area contributed by atoms with Crippen molar-refractivity contribution < 1.29 is 13.2 Å². The Bertz CT molecular complexity index is 820. The van der Waals surface area contributed by atoms with Gasteiger partial charge in [0.25, 0.3) is 0 Å². The zero-order chi connectivity index (χ0) is 15.9. The van der Waals surface area contributed by atoms with Gasteiger partial charge in [-0.3, -0.25) is 0 Å². The summed E-state index contributed by atoms with van der Waals surface area (Å²) in [6, 6.07) is 11.2. The van der Waals surface area contributed by atoms with Gasteiger partial charge < -0.3 is 15.6 Å². The fourth-order valence-corrected chi connectivity index (χ4v) is 2.84. The van der Waals surface area contributed by atoms with Crippen molar-refractivity contribution in [3.8, 4) is 0 Å². The van der Waals surface area contributed by atoms with Crippen molar-refractivity contribution >= 4 is 21.8 Å². The lowest BCUT2D eigenvalue weighted by Gasteiger charge is -2.16. The maximum Gasteiger partial charge on any atom is 0.416 e. The summed E-state index contributed by atoms with van der Waals surface area (Å²) in [4.78, 5) is 0. The molecule has 3 aromatic rings. The summed E-state index contributed by atoms with van der Waals surface area (Å²) in [5, 5.41) is 4.33. The molecule has 1 atom stereocenters. The highest BCUT2D eigenvalue weighted by atomic mass is 19.4. The predicted octanol–water partition coefficient (Wildman–Crippen LogP) is 3.49. The maximum atomic E-state index is 13.0. The molecule has 0 aliphatic carbocycles. The number of nitrogens with two attached hydrogens (primary N) is 1. The molecule has 0 radical (unpaired) electrons. The molecule has 6 heteroatoms. The standard InChI is InChI=1S/C16H16F3N3/c1-21-9-15(20)22-13-5-3-2-4-11(13)12-8-10(16(17,18)19)6-7-14(12)22/h2-8,15,21H,9,20H2,1H3. The average Bonchev–Trinajstić information content (AvgIpc) is 2.80. The lowest BCUT2D eigenvalue weighted by atomic mass is 10.1. The SMILES string of the molecule is CNCC(N)n1c2ccccc2c2cc(C(F)(F)F)ccc21. The lowest BCUT2D eigenvalue weighted by Crippen LogP contribution is -2.29. The highest BCUT2D eigenvalue weighted by Gasteiger charge is 2.31. The maximum absolute atomic E-state index is 13.0. The van der Waals surface area contributed by atoms with Crippen LogP contribution in [0.4, 0.5) is 13.2 Å². The van der Waals surface area contributed by atoms with Crippen LogP contribution in [0.5, 0.6) is 0 Å². The summed E-state index contributed by atoms with van der Waals surface area (Å²) in [7, 11) is 1.79. The lowest BCUT2D eigenvalue weighted by molar-refractivity contribution is -0.137. The van der Waals surface area contributed by atoms with Crippen LogP contribution in [0.3, 0.4) is 0 Å². The van der Waals surface area contributed by atoms with Gasteiger partial charge in [-0.25, -0.2) is 0 Å². The molecule has 0 bridgehead atoms. The van der Waals surface area contributed by atoms with Crippen LogP contribution in [0.15, 0.2) is 42.5 Å². The smallest absolute Gasteiger partial charge is 0.323 e. The molecule has 0 amide bonds. The van der Waals surface area contributed by atoms with Gasteiger partial charge in [-0.15, -0.1) is 0 Å². The van der Waals surface area contributed by atoms with Gasteiger partial charge in [0.2, 0.25) is 0 Å². The van der Waals surface area contributed by atoms with Gasteiger partial charge in [-0.2, -0.15) is 13.2 Å². The summed E-state index contributed by atoms with van der Waals surface area (Å²) in [5.41, 5.74) is 7.07. The third kappa shape index (κ3) is 2.34. The Balaban J connectivity index is 2.34. The van der Waals surface area contributed by atoms with Crippen LogP contribution in [-0.2, 0) is 6.18 Å². The molecule has 3 nitrogen and oxygen atoms in total. The first-order valence-electron chi connectivity index (χ1n) is 6.93. The molecule has 0 aliphatic heterocycles. The van der Waals surface area contributed by atoms with Crippen LogP contribution in [-0.4, -0.2) is 18.2 Å². The fourth-order valence-electron chi connectivity index (χ4n) is 2.84. The van der Waals surface area contributed by atoms with Gasteiger partial charge >= 0.3 is 6.18 Å². The summed E-state index contributed by atoms with van der Waals surface area (Å²) >= 11 is 0. The molecule has 1 unspecified atom stereocenters. The van der Waals surface area contributed by atoms with E-state index in [-0.39, 0.29) is 6.17 Å². The number of alkyl halides is 3. The third-order valence-corrected chi connectivity index (χ3v) is 3.78. The molecule has 1 aromatic heterocycles.